The van der Waals surface area contributed by atoms with Crippen LogP contribution in [0, 0.1) is 6.92 Å². The number of carbonyl (C=O) groups is 1. The fourth-order valence-corrected chi connectivity index (χ4v) is 2.83. The number of rotatable bonds is 5. The van der Waals surface area contributed by atoms with Crippen LogP contribution in [-0.4, -0.2) is 16.0 Å². The monoisotopic (exact) mass is 331 g/mol. The zero-order valence-corrected chi connectivity index (χ0v) is 13.8. The molecular formula is C17H18ClN3O2. The zero-order chi connectivity index (χ0) is 16.4. The lowest BCUT2D eigenvalue weighted by molar-refractivity contribution is 0.0942. The predicted molar refractivity (Wildman–Crippen MR) is 89.7 cm³/mol. The summed E-state index contributed by atoms with van der Waals surface area (Å²) in [6.07, 6.45) is 1.88. The van der Waals surface area contributed by atoms with Crippen LogP contribution in [0.5, 0.6) is 0 Å². The van der Waals surface area contributed by atoms with Crippen molar-refractivity contribution in [1.29, 1.82) is 0 Å². The summed E-state index contributed by atoms with van der Waals surface area (Å²) < 4.78 is 5.22. The Kier molecular flexibility index (Phi) is 4.39. The first-order chi connectivity index (χ1) is 11.1. The summed E-state index contributed by atoms with van der Waals surface area (Å²) in [5.74, 6) is 0.455. The molecule has 0 bridgehead atoms. The van der Waals surface area contributed by atoms with Gasteiger partial charge < -0.3 is 14.8 Å². The van der Waals surface area contributed by atoms with Crippen molar-refractivity contribution in [2.75, 3.05) is 0 Å². The summed E-state index contributed by atoms with van der Waals surface area (Å²) in [7, 11) is 0. The van der Waals surface area contributed by atoms with Gasteiger partial charge in [0.1, 0.15) is 5.69 Å². The molecule has 0 atom stereocenters. The molecule has 3 rings (SSSR count). The Morgan fingerprint density at radius 1 is 1.43 bits per heavy atom. The summed E-state index contributed by atoms with van der Waals surface area (Å²) in [6.45, 7) is 4.29. The molecule has 1 aromatic carbocycles. The van der Waals surface area contributed by atoms with Crippen molar-refractivity contribution in [3.63, 3.8) is 0 Å². The number of aryl methyl sites for hydroxylation is 2. The smallest absolute Gasteiger partial charge is 0.268 e. The molecule has 0 saturated carbocycles. The molecule has 0 aliphatic carbocycles. The Bertz CT molecular complexity index is 851. The highest BCUT2D eigenvalue weighted by molar-refractivity contribution is 6.35. The second kappa shape index (κ2) is 6.46. The van der Waals surface area contributed by atoms with Crippen LogP contribution in [0.25, 0.3) is 10.9 Å². The van der Waals surface area contributed by atoms with Gasteiger partial charge in [0, 0.05) is 11.5 Å². The van der Waals surface area contributed by atoms with E-state index in [2.05, 4.69) is 22.4 Å². The second-order valence-corrected chi connectivity index (χ2v) is 5.91. The first-order valence-corrected chi connectivity index (χ1v) is 7.97. The van der Waals surface area contributed by atoms with Gasteiger partial charge in [-0.05, 0) is 25.0 Å². The third kappa shape index (κ3) is 3.10. The van der Waals surface area contributed by atoms with Crippen molar-refractivity contribution in [1.82, 2.24) is 15.5 Å². The largest absolute Gasteiger partial charge is 0.359 e. The number of benzene rings is 1. The van der Waals surface area contributed by atoms with Gasteiger partial charge in [0.05, 0.1) is 22.8 Å². The number of halogens is 1. The Morgan fingerprint density at radius 2 is 2.26 bits per heavy atom. The lowest BCUT2D eigenvalue weighted by Crippen LogP contribution is -2.23. The van der Waals surface area contributed by atoms with Crippen molar-refractivity contribution in [2.45, 2.75) is 33.2 Å². The number of nitrogens with one attached hydrogen (secondary N) is 2. The number of aromatic amines is 1. The molecule has 0 radical (unpaired) electrons. The number of aromatic nitrogens is 2. The Labute approximate surface area is 139 Å². The minimum Gasteiger partial charge on any atom is -0.359 e. The first-order valence-electron chi connectivity index (χ1n) is 7.59. The van der Waals surface area contributed by atoms with Gasteiger partial charge in [0.25, 0.3) is 5.91 Å². The Hall–Kier alpha value is -2.27. The highest BCUT2D eigenvalue weighted by Gasteiger charge is 2.16. The number of nitrogens with zero attached hydrogens (tertiary/aromatic N) is 1. The van der Waals surface area contributed by atoms with Crippen LogP contribution >= 0.6 is 11.6 Å². The molecular weight excluding hydrogens is 314 g/mol. The number of para-hydroxylation sites is 1. The van der Waals surface area contributed by atoms with E-state index in [9.17, 15) is 4.79 Å². The molecule has 2 aromatic heterocycles. The molecule has 6 heteroatoms. The van der Waals surface area contributed by atoms with Crippen LogP contribution in [0.15, 0.2) is 28.8 Å². The van der Waals surface area contributed by atoms with Gasteiger partial charge in [-0.25, -0.2) is 0 Å². The van der Waals surface area contributed by atoms with Crippen molar-refractivity contribution in [3.05, 3.63) is 52.0 Å². The maximum atomic E-state index is 12.4. The number of amides is 1. The van der Waals surface area contributed by atoms with Crippen LogP contribution in [0.2, 0.25) is 5.02 Å². The highest BCUT2D eigenvalue weighted by atomic mass is 35.5. The molecule has 1 amide bonds. The van der Waals surface area contributed by atoms with Gasteiger partial charge in [0.15, 0.2) is 5.76 Å². The minimum absolute atomic E-state index is 0.191. The highest BCUT2D eigenvalue weighted by Crippen LogP contribution is 2.27. The van der Waals surface area contributed by atoms with Gasteiger partial charge in [0.2, 0.25) is 0 Å². The number of hydrogen-bond donors (Lipinski definition) is 2. The van der Waals surface area contributed by atoms with Crippen molar-refractivity contribution in [2.24, 2.45) is 0 Å². The number of carbonyl (C=O) groups excluding carboxylic acids is 1. The van der Waals surface area contributed by atoms with Gasteiger partial charge in [-0.3, -0.25) is 4.79 Å². The summed E-state index contributed by atoms with van der Waals surface area (Å²) >= 11 is 6.17. The van der Waals surface area contributed by atoms with Crippen LogP contribution in [0.1, 0.15) is 40.9 Å². The molecule has 0 saturated heterocycles. The third-order valence-corrected chi connectivity index (χ3v) is 4.12. The van der Waals surface area contributed by atoms with Crippen LogP contribution in [0.4, 0.5) is 0 Å². The quantitative estimate of drug-likeness (QED) is 0.742. The molecule has 120 valence electrons. The van der Waals surface area contributed by atoms with Gasteiger partial charge in [-0.1, -0.05) is 42.2 Å². The van der Waals surface area contributed by atoms with Crippen LogP contribution < -0.4 is 5.32 Å². The molecule has 0 spiro atoms. The minimum atomic E-state index is -0.191. The molecule has 0 fully saturated rings. The lowest BCUT2D eigenvalue weighted by Gasteiger charge is -2.01. The Balaban J connectivity index is 1.75. The first kappa shape index (κ1) is 15.6. The molecule has 23 heavy (non-hydrogen) atoms. The number of fused-ring (bicyclic) bond motifs is 1. The molecule has 2 N–H and O–H groups in total. The summed E-state index contributed by atoms with van der Waals surface area (Å²) in [4.78, 5) is 15.5. The van der Waals surface area contributed by atoms with Gasteiger partial charge in [-0.15, -0.1) is 0 Å². The van der Waals surface area contributed by atoms with E-state index >= 15 is 0 Å². The van der Waals surface area contributed by atoms with E-state index in [1.807, 2.05) is 25.1 Å². The standard InChI is InChI=1S/C17H18ClN3O2/c1-3-5-11-8-12(23-21-11)9-19-17(22)15-10(2)13-6-4-7-14(18)16(13)20-15/h4,6-8,20H,3,5,9H2,1-2H3,(H,19,22). The summed E-state index contributed by atoms with van der Waals surface area (Å²) in [6, 6.07) is 7.48. The Morgan fingerprint density at radius 3 is 3.00 bits per heavy atom. The molecule has 0 aliphatic heterocycles. The van der Waals surface area contributed by atoms with Crippen molar-refractivity contribution in [3.8, 4) is 0 Å². The normalized spacial score (nSPS) is 11.1. The molecule has 0 aliphatic rings. The predicted octanol–water partition coefficient (Wildman–Crippen LogP) is 4.00. The number of H-pyrrole nitrogens is 1. The third-order valence-electron chi connectivity index (χ3n) is 3.81. The molecule has 3 aromatic rings. The van der Waals surface area contributed by atoms with E-state index in [1.165, 1.54) is 0 Å². The van der Waals surface area contributed by atoms with Crippen molar-refractivity contribution < 1.29 is 9.32 Å². The SMILES string of the molecule is CCCc1cc(CNC(=O)c2[nH]c3c(Cl)cccc3c2C)on1. The average Bonchev–Trinajstić information content (AvgIpc) is 3.12. The van der Waals surface area contributed by atoms with Crippen molar-refractivity contribution >= 4 is 28.4 Å². The zero-order valence-electron chi connectivity index (χ0n) is 13.1. The van der Waals surface area contributed by atoms with E-state index in [0.29, 0.717) is 23.0 Å². The van der Waals surface area contributed by atoms with E-state index in [1.54, 1.807) is 6.07 Å². The topological polar surface area (TPSA) is 70.9 Å². The maximum absolute atomic E-state index is 12.4. The lowest BCUT2D eigenvalue weighted by atomic mass is 10.1. The maximum Gasteiger partial charge on any atom is 0.268 e. The fraction of sp³-hybridized carbons (Fsp3) is 0.294. The van der Waals surface area contributed by atoms with E-state index in [-0.39, 0.29) is 5.91 Å². The van der Waals surface area contributed by atoms with Gasteiger partial charge >= 0.3 is 0 Å². The number of hydrogen-bond acceptors (Lipinski definition) is 3. The van der Waals surface area contributed by atoms with E-state index in [4.69, 9.17) is 16.1 Å². The molecule has 2 heterocycles. The van der Waals surface area contributed by atoms with Crippen LogP contribution in [-0.2, 0) is 13.0 Å². The molecule has 5 nitrogen and oxygen atoms in total. The van der Waals surface area contributed by atoms with Crippen LogP contribution in [0.3, 0.4) is 0 Å². The van der Waals surface area contributed by atoms with Gasteiger partial charge in [-0.2, -0.15) is 0 Å². The molecule has 0 unspecified atom stereocenters. The fourth-order valence-electron chi connectivity index (χ4n) is 2.61. The summed E-state index contributed by atoms with van der Waals surface area (Å²) in [5, 5.41) is 8.37. The second-order valence-electron chi connectivity index (χ2n) is 5.50. The average molecular weight is 332 g/mol. The summed E-state index contributed by atoms with van der Waals surface area (Å²) in [5.41, 5.74) is 3.08. The van der Waals surface area contributed by atoms with E-state index < -0.39 is 0 Å². The van der Waals surface area contributed by atoms with E-state index in [0.717, 1.165) is 35.0 Å².